The molecule has 0 spiro atoms. The van der Waals surface area contributed by atoms with Gasteiger partial charge in [-0.15, -0.1) is 0 Å². The predicted octanol–water partition coefficient (Wildman–Crippen LogP) is 4.69. The summed E-state index contributed by atoms with van der Waals surface area (Å²) in [7, 11) is 1.67. The van der Waals surface area contributed by atoms with E-state index in [1.54, 1.807) is 26.1 Å². The van der Waals surface area contributed by atoms with Crippen LogP contribution in [-0.4, -0.2) is 25.4 Å². The van der Waals surface area contributed by atoms with Crippen molar-refractivity contribution in [3.8, 4) is 0 Å². The maximum absolute atomic E-state index is 13.7. The lowest BCUT2D eigenvalue weighted by Crippen LogP contribution is -2.45. The van der Waals surface area contributed by atoms with Crippen LogP contribution in [0.25, 0.3) is 0 Å². The number of carbonyl (C=O) groups excluding carboxylic acids is 2. The fourth-order valence-corrected chi connectivity index (χ4v) is 4.67. The van der Waals surface area contributed by atoms with Crippen LogP contribution in [0.4, 0.5) is 24.5 Å². The summed E-state index contributed by atoms with van der Waals surface area (Å²) in [5, 5.41) is 0. The highest BCUT2D eigenvalue weighted by molar-refractivity contribution is 6.07. The first-order chi connectivity index (χ1) is 14.1. The Morgan fingerprint density at radius 2 is 1.80 bits per heavy atom. The second-order valence-electron chi connectivity index (χ2n) is 8.28. The van der Waals surface area contributed by atoms with Gasteiger partial charge in [-0.05, 0) is 48.1 Å². The van der Waals surface area contributed by atoms with E-state index in [9.17, 15) is 22.8 Å². The van der Waals surface area contributed by atoms with Crippen molar-refractivity contribution in [2.75, 3.05) is 23.4 Å². The first-order valence-corrected chi connectivity index (χ1v) is 9.96. The molecule has 0 N–H and O–H groups in total. The molecule has 158 valence electrons. The highest BCUT2D eigenvalue weighted by atomic mass is 19.4. The molecule has 2 amide bonds. The van der Waals surface area contributed by atoms with Gasteiger partial charge in [-0.1, -0.05) is 31.2 Å². The highest BCUT2D eigenvalue weighted by Crippen LogP contribution is 2.44. The molecule has 30 heavy (non-hydrogen) atoms. The summed E-state index contributed by atoms with van der Waals surface area (Å²) in [5.41, 5.74) is 1.85. The van der Waals surface area contributed by atoms with Crippen LogP contribution in [-0.2, 0) is 22.2 Å². The number of halogens is 3. The van der Waals surface area contributed by atoms with E-state index in [4.69, 9.17) is 0 Å². The quantitative estimate of drug-likeness (QED) is 0.677. The van der Waals surface area contributed by atoms with E-state index >= 15 is 0 Å². The van der Waals surface area contributed by atoms with Gasteiger partial charge in [-0.25, -0.2) is 0 Å². The molecular formula is C23H23F3N2O2. The maximum Gasteiger partial charge on any atom is 0.416 e. The number of benzene rings is 2. The Morgan fingerprint density at radius 3 is 2.50 bits per heavy atom. The fraction of sp³-hybridized carbons (Fsp3) is 0.391. The lowest BCUT2D eigenvalue weighted by atomic mass is 9.84. The van der Waals surface area contributed by atoms with Crippen LogP contribution in [0.15, 0.2) is 36.4 Å². The molecule has 0 aromatic heterocycles. The summed E-state index contributed by atoms with van der Waals surface area (Å²) in [6.45, 7) is 3.90. The van der Waals surface area contributed by atoms with Crippen molar-refractivity contribution >= 4 is 23.2 Å². The number of hydrogen-bond acceptors (Lipinski definition) is 2. The van der Waals surface area contributed by atoms with Crippen molar-refractivity contribution in [2.45, 2.75) is 38.8 Å². The lowest BCUT2D eigenvalue weighted by Gasteiger charge is -2.39. The molecule has 0 radical (unpaired) electrons. The minimum absolute atomic E-state index is 0.00453. The van der Waals surface area contributed by atoms with Crippen molar-refractivity contribution in [3.63, 3.8) is 0 Å². The molecule has 2 aliphatic heterocycles. The Balaban J connectivity index is 1.83. The van der Waals surface area contributed by atoms with Crippen LogP contribution >= 0.6 is 0 Å². The van der Waals surface area contributed by atoms with E-state index in [1.165, 1.54) is 15.9 Å². The van der Waals surface area contributed by atoms with Gasteiger partial charge in [0.15, 0.2) is 0 Å². The zero-order valence-electron chi connectivity index (χ0n) is 17.1. The first kappa shape index (κ1) is 20.4. The molecule has 2 atom stereocenters. The number of carbonyl (C=O) groups is 2. The monoisotopic (exact) mass is 416 g/mol. The van der Waals surface area contributed by atoms with Crippen molar-refractivity contribution in [3.05, 3.63) is 58.7 Å². The number of amides is 2. The molecule has 2 aromatic rings. The number of anilines is 2. The van der Waals surface area contributed by atoms with Gasteiger partial charge in [0, 0.05) is 25.7 Å². The molecule has 0 bridgehead atoms. The maximum atomic E-state index is 13.7. The molecule has 4 rings (SSSR count). The second kappa shape index (κ2) is 7.15. The minimum Gasteiger partial charge on any atom is -0.315 e. The van der Waals surface area contributed by atoms with Crippen LogP contribution in [0.5, 0.6) is 0 Å². The average Bonchev–Trinajstić information content (AvgIpc) is 2.68. The summed E-state index contributed by atoms with van der Waals surface area (Å²) >= 11 is 0. The number of rotatable bonds is 1. The third-order valence-electron chi connectivity index (χ3n) is 6.10. The van der Waals surface area contributed by atoms with Gasteiger partial charge in [0.2, 0.25) is 11.8 Å². The Labute approximate surface area is 173 Å². The topological polar surface area (TPSA) is 40.6 Å². The van der Waals surface area contributed by atoms with E-state index < -0.39 is 17.7 Å². The summed E-state index contributed by atoms with van der Waals surface area (Å²) in [6, 6.07) is 9.73. The lowest BCUT2D eigenvalue weighted by molar-refractivity contribution is -0.138. The number of nitrogens with zero attached hydrogens (tertiary/aromatic N) is 2. The number of alkyl halides is 3. The summed E-state index contributed by atoms with van der Waals surface area (Å²) in [4.78, 5) is 29.2. The SMILES string of the molecule is Cc1ccc(C(F)(F)F)c2c1N(C(=O)C1CC(=O)N(C)c3ccccc31)CC(C)C2. The van der Waals surface area contributed by atoms with Gasteiger partial charge in [0.05, 0.1) is 17.2 Å². The van der Waals surface area contributed by atoms with Crippen molar-refractivity contribution in [1.29, 1.82) is 0 Å². The van der Waals surface area contributed by atoms with Gasteiger partial charge in [0.1, 0.15) is 0 Å². The molecule has 0 saturated carbocycles. The molecule has 0 saturated heterocycles. The van der Waals surface area contributed by atoms with Crippen LogP contribution in [0.2, 0.25) is 0 Å². The van der Waals surface area contributed by atoms with Crippen molar-refractivity contribution < 1.29 is 22.8 Å². The fourth-order valence-electron chi connectivity index (χ4n) is 4.67. The summed E-state index contributed by atoms with van der Waals surface area (Å²) in [5.74, 6) is -1.34. The van der Waals surface area contributed by atoms with Crippen molar-refractivity contribution in [1.82, 2.24) is 0 Å². The van der Waals surface area contributed by atoms with Gasteiger partial charge in [-0.2, -0.15) is 13.2 Å². The minimum atomic E-state index is -4.49. The third-order valence-corrected chi connectivity index (χ3v) is 6.10. The molecule has 4 nitrogen and oxygen atoms in total. The molecule has 0 fully saturated rings. The van der Waals surface area contributed by atoms with E-state index in [1.807, 2.05) is 19.1 Å². The van der Waals surface area contributed by atoms with Crippen LogP contribution in [0, 0.1) is 12.8 Å². The summed E-state index contributed by atoms with van der Waals surface area (Å²) < 4.78 is 41.0. The number of fused-ring (bicyclic) bond motifs is 2. The molecule has 2 unspecified atom stereocenters. The third kappa shape index (κ3) is 3.26. The van der Waals surface area contributed by atoms with Crippen LogP contribution in [0.3, 0.4) is 0 Å². The van der Waals surface area contributed by atoms with Gasteiger partial charge < -0.3 is 9.80 Å². The standard InChI is InChI=1S/C23H23F3N2O2/c1-13-10-17-18(23(24,25)26)9-8-14(2)21(17)28(12-13)22(30)16-11-20(29)27(3)19-7-5-4-6-15(16)19/h4-9,13,16H,10-12H2,1-3H3. The predicted molar refractivity (Wildman–Crippen MR) is 109 cm³/mol. The van der Waals surface area contributed by atoms with Crippen LogP contribution in [0.1, 0.15) is 41.5 Å². The Morgan fingerprint density at radius 1 is 1.10 bits per heavy atom. The molecule has 7 heteroatoms. The van der Waals surface area contributed by atoms with Gasteiger partial charge >= 0.3 is 6.18 Å². The molecule has 2 aliphatic rings. The number of hydrogen-bond donors (Lipinski definition) is 0. The van der Waals surface area contributed by atoms with E-state index in [0.717, 1.165) is 11.6 Å². The molecule has 2 aromatic carbocycles. The Hall–Kier alpha value is -2.83. The molecule has 2 heterocycles. The Bertz CT molecular complexity index is 1030. The van der Waals surface area contributed by atoms with Gasteiger partial charge in [0.25, 0.3) is 0 Å². The number of aryl methyl sites for hydroxylation is 1. The van der Waals surface area contributed by atoms with Crippen molar-refractivity contribution in [2.24, 2.45) is 5.92 Å². The molecular weight excluding hydrogens is 393 g/mol. The molecule has 0 aliphatic carbocycles. The zero-order valence-corrected chi connectivity index (χ0v) is 17.1. The van der Waals surface area contributed by atoms with E-state index in [0.29, 0.717) is 23.5 Å². The number of para-hydroxylation sites is 1. The largest absolute Gasteiger partial charge is 0.416 e. The first-order valence-electron chi connectivity index (χ1n) is 9.96. The van der Waals surface area contributed by atoms with E-state index in [2.05, 4.69) is 0 Å². The zero-order chi connectivity index (χ0) is 21.8. The highest BCUT2D eigenvalue weighted by Gasteiger charge is 2.42. The summed E-state index contributed by atoms with van der Waals surface area (Å²) in [6.07, 6.45) is -4.22. The smallest absolute Gasteiger partial charge is 0.315 e. The van der Waals surface area contributed by atoms with E-state index in [-0.39, 0.29) is 36.1 Å². The average molecular weight is 416 g/mol. The normalized spacial score (nSPS) is 21.3. The van der Waals surface area contributed by atoms with Crippen LogP contribution < -0.4 is 9.80 Å². The van der Waals surface area contributed by atoms with Gasteiger partial charge in [-0.3, -0.25) is 9.59 Å². The Kier molecular flexibility index (Phi) is 4.87. The second-order valence-corrected chi connectivity index (χ2v) is 8.28.